The number of aliphatic hydroxyl groups is 1. The number of rotatable bonds is 11. The predicted molar refractivity (Wildman–Crippen MR) is 82.3 cm³/mol. The van der Waals surface area contributed by atoms with E-state index >= 15 is 0 Å². The number of ether oxygens (including phenoxy) is 2. The Bertz CT molecular complexity index is 378. The van der Waals surface area contributed by atoms with Crippen molar-refractivity contribution in [3.63, 3.8) is 0 Å². The summed E-state index contributed by atoms with van der Waals surface area (Å²) in [6, 6.07) is 9.25. The smallest absolute Gasteiger partial charge is 0.305 e. The lowest BCUT2D eigenvalue weighted by atomic mass is 10.1. The molecule has 1 rings (SSSR count). The second kappa shape index (κ2) is 11.1. The Morgan fingerprint density at radius 1 is 1.10 bits per heavy atom. The van der Waals surface area contributed by atoms with Crippen LogP contribution in [0, 0.1) is 0 Å². The summed E-state index contributed by atoms with van der Waals surface area (Å²) in [7, 11) is 0. The summed E-state index contributed by atoms with van der Waals surface area (Å²) in [5.74, 6) is 0.448. The molecular weight excluding hydrogens is 268 g/mol. The summed E-state index contributed by atoms with van der Waals surface area (Å²) in [6.07, 6.45) is 5.11. The van der Waals surface area contributed by atoms with E-state index in [1.165, 1.54) is 12.8 Å². The van der Waals surface area contributed by atoms with Crippen molar-refractivity contribution in [1.29, 1.82) is 0 Å². The molecule has 1 N–H and O–H groups in total. The van der Waals surface area contributed by atoms with E-state index in [1.54, 1.807) is 0 Å². The molecule has 0 saturated heterocycles. The first-order valence-corrected chi connectivity index (χ1v) is 7.74. The second-order valence-corrected chi connectivity index (χ2v) is 5.13. The fraction of sp³-hybridized carbons (Fsp3) is 0.588. The number of benzene rings is 1. The minimum absolute atomic E-state index is 0.0133. The number of carbonyl (C=O) groups is 1. The zero-order valence-corrected chi connectivity index (χ0v) is 12.8. The molecule has 1 aromatic carbocycles. The lowest BCUT2D eigenvalue weighted by Gasteiger charge is -2.12. The maximum atomic E-state index is 11.5. The van der Waals surface area contributed by atoms with E-state index in [-0.39, 0.29) is 19.2 Å². The average molecular weight is 294 g/mol. The molecule has 118 valence electrons. The van der Waals surface area contributed by atoms with Crippen LogP contribution in [0.5, 0.6) is 5.75 Å². The van der Waals surface area contributed by atoms with Gasteiger partial charge < -0.3 is 14.6 Å². The van der Waals surface area contributed by atoms with Crippen LogP contribution in [0.3, 0.4) is 0 Å². The van der Waals surface area contributed by atoms with Crippen molar-refractivity contribution in [3.05, 3.63) is 30.3 Å². The molecule has 1 atom stereocenters. The van der Waals surface area contributed by atoms with E-state index in [2.05, 4.69) is 6.92 Å². The number of aliphatic hydroxyl groups excluding tert-OH is 1. The van der Waals surface area contributed by atoms with Gasteiger partial charge in [0.25, 0.3) is 0 Å². The van der Waals surface area contributed by atoms with Gasteiger partial charge in [-0.3, -0.25) is 4.79 Å². The van der Waals surface area contributed by atoms with Gasteiger partial charge in [-0.25, -0.2) is 0 Å². The molecule has 0 aliphatic heterocycles. The summed E-state index contributed by atoms with van der Waals surface area (Å²) >= 11 is 0. The lowest BCUT2D eigenvalue weighted by molar-refractivity contribution is -0.147. The van der Waals surface area contributed by atoms with Crippen LogP contribution in [-0.4, -0.2) is 30.4 Å². The summed E-state index contributed by atoms with van der Waals surface area (Å²) in [5, 5.41) is 9.70. The third-order valence-electron chi connectivity index (χ3n) is 3.11. The first kappa shape index (κ1) is 17.5. The largest absolute Gasteiger partial charge is 0.491 e. The molecule has 0 saturated carbocycles. The van der Waals surface area contributed by atoms with Crippen LogP contribution >= 0.6 is 0 Å². The van der Waals surface area contributed by atoms with Crippen LogP contribution in [0.2, 0.25) is 0 Å². The quantitative estimate of drug-likeness (QED) is 0.502. The van der Waals surface area contributed by atoms with Gasteiger partial charge in [0.05, 0.1) is 0 Å². The Morgan fingerprint density at radius 2 is 1.81 bits per heavy atom. The Balaban J connectivity index is 2.04. The van der Waals surface area contributed by atoms with Gasteiger partial charge in [0.2, 0.25) is 0 Å². The molecule has 0 bridgehead atoms. The van der Waals surface area contributed by atoms with E-state index in [0.717, 1.165) is 19.3 Å². The van der Waals surface area contributed by atoms with E-state index < -0.39 is 6.10 Å². The van der Waals surface area contributed by atoms with Crippen molar-refractivity contribution >= 4 is 5.97 Å². The van der Waals surface area contributed by atoms with Crippen molar-refractivity contribution < 1.29 is 19.4 Å². The predicted octanol–water partition coefficient (Wildman–Crippen LogP) is 3.33. The molecule has 0 aromatic heterocycles. The zero-order valence-electron chi connectivity index (χ0n) is 12.8. The van der Waals surface area contributed by atoms with E-state index in [9.17, 15) is 9.90 Å². The molecule has 0 fully saturated rings. The van der Waals surface area contributed by atoms with Crippen LogP contribution < -0.4 is 4.74 Å². The molecule has 0 radical (unpaired) electrons. The lowest BCUT2D eigenvalue weighted by Crippen LogP contribution is -2.25. The van der Waals surface area contributed by atoms with Crippen molar-refractivity contribution in [1.82, 2.24) is 0 Å². The summed E-state index contributed by atoms with van der Waals surface area (Å²) < 4.78 is 10.4. The monoisotopic (exact) mass is 294 g/mol. The number of para-hydroxylation sites is 1. The fourth-order valence-electron chi connectivity index (χ4n) is 1.89. The summed E-state index contributed by atoms with van der Waals surface area (Å²) in [4.78, 5) is 11.5. The van der Waals surface area contributed by atoms with Gasteiger partial charge in [-0.1, -0.05) is 50.8 Å². The van der Waals surface area contributed by atoms with Gasteiger partial charge in [-0.15, -0.1) is 0 Å². The molecule has 0 aliphatic carbocycles. The molecule has 21 heavy (non-hydrogen) atoms. The van der Waals surface area contributed by atoms with E-state index in [4.69, 9.17) is 9.47 Å². The van der Waals surface area contributed by atoms with Gasteiger partial charge in [0.15, 0.2) is 0 Å². The van der Waals surface area contributed by atoms with Crippen LogP contribution in [0.4, 0.5) is 0 Å². The highest BCUT2D eigenvalue weighted by atomic mass is 16.5. The van der Waals surface area contributed by atoms with E-state index in [1.807, 2.05) is 30.3 Å². The van der Waals surface area contributed by atoms with Crippen LogP contribution in [0.1, 0.15) is 45.4 Å². The van der Waals surface area contributed by atoms with Crippen molar-refractivity contribution in [2.45, 2.75) is 51.6 Å². The number of hydrogen-bond acceptors (Lipinski definition) is 4. The number of hydrogen-bond donors (Lipinski definition) is 1. The molecule has 0 aliphatic rings. The molecule has 1 aromatic rings. The molecule has 4 heteroatoms. The molecule has 0 amide bonds. The number of carbonyl (C=O) groups excluding carboxylic acids is 1. The minimum Gasteiger partial charge on any atom is -0.491 e. The molecular formula is C17H26O4. The minimum atomic E-state index is -0.797. The van der Waals surface area contributed by atoms with Gasteiger partial charge in [0, 0.05) is 6.42 Å². The van der Waals surface area contributed by atoms with Crippen molar-refractivity contribution in [3.8, 4) is 5.75 Å². The fourth-order valence-corrected chi connectivity index (χ4v) is 1.89. The Morgan fingerprint density at radius 3 is 2.52 bits per heavy atom. The van der Waals surface area contributed by atoms with Crippen LogP contribution in [-0.2, 0) is 9.53 Å². The van der Waals surface area contributed by atoms with Gasteiger partial charge in [0.1, 0.15) is 25.1 Å². The average Bonchev–Trinajstić information content (AvgIpc) is 2.51. The Kier molecular flexibility index (Phi) is 9.29. The highest BCUT2D eigenvalue weighted by Crippen LogP contribution is 2.09. The second-order valence-electron chi connectivity index (χ2n) is 5.13. The summed E-state index contributed by atoms with van der Waals surface area (Å²) in [5.41, 5.74) is 0. The highest BCUT2D eigenvalue weighted by Gasteiger charge is 2.09. The maximum absolute atomic E-state index is 11.5. The summed E-state index contributed by atoms with van der Waals surface area (Å²) in [6.45, 7) is 2.27. The Hall–Kier alpha value is -1.55. The van der Waals surface area contributed by atoms with Crippen molar-refractivity contribution in [2.24, 2.45) is 0 Å². The highest BCUT2D eigenvalue weighted by molar-refractivity contribution is 5.69. The normalized spacial score (nSPS) is 11.9. The van der Waals surface area contributed by atoms with Crippen LogP contribution in [0.25, 0.3) is 0 Å². The topological polar surface area (TPSA) is 55.8 Å². The first-order chi connectivity index (χ1) is 10.2. The third kappa shape index (κ3) is 9.08. The zero-order chi connectivity index (χ0) is 15.3. The van der Waals surface area contributed by atoms with Crippen molar-refractivity contribution in [2.75, 3.05) is 13.2 Å². The van der Waals surface area contributed by atoms with Gasteiger partial charge in [-0.2, -0.15) is 0 Å². The molecule has 0 heterocycles. The standard InChI is InChI=1S/C17H26O4/c1-2-3-4-5-9-12-17(19)21-14-15(18)13-20-16-10-7-6-8-11-16/h6-8,10-11,15,18H,2-5,9,12-14H2,1H3. The number of esters is 1. The SMILES string of the molecule is CCCCCCCC(=O)OCC(O)COc1ccccc1. The number of unbranched alkanes of at least 4 members (excludes halogenated alkanes) is 4. The van der Waals surface area contributed by atoms with E-state index in [0.29, 0.717) is 12.2 Å². The van der Waals surface area contributed by atoms with Gasteiger partial charge in [-0.05, 0) is 18.6 Å². The third-order valence-corrected chi connectivity index (χ3v) is 3.11. The first-order valence-electron chi connectivity index (χ1n) is 7.74. The maximum Gasteiger partial charge on any atom is 0.305 e. The molecule has 4 nitrogen and oxygen atoms in total. The van der Waals surface area contributed by atoms with Crippen LogP contribution in [0.15, 0.2) is 30.3 Å². The molecule has 0 spiro atoms. The Labute approximate surface area is 127 Å². The molecule has 1 unspecified atom stereocenters. The van der Waals surface area contributed by atoms with Gasteiger partial charge >= 0.3 is 5.97 Å².